The molecule has 0 atom stereocenters. The topological polar surface area (TPSA) is 0 Å². The Morgan fingerprint density at radius 1 is 0.387 bits per heavy atom. The lowest BCUT2D eigenvalue weighted by atomic mass is 10.1. The first-order valence-corrected chi connectivity index (χ1v) is 10.0. The molecular weight excluding hydrogens is 372 g/mol. The summed E-state index contributed by atoms with van der Waals surface area (Å²) in [5.74, 6) is 0. The van der Waals surface area contributed by atoms with Crippen LogP contribution >= 0.6 is 0 Å². The zero-order chi connectivity index (χ0) is 20.5. The molecule has 5 aromatic carbocycles. The van der Waals surface area contributed by atoms with E-state index in [1.807, 2.05) is 18.2 Å². The van der Waals surface area contributed by atoms with Gasteiger partial charge >= 0.3 is 0 Å². The van der Waals surface area contributed by atoms with Gasteiger partial charge in [-0.2, -0.15) is 0 Å². The Hall–Kier alpha value is -3.38. The van der Waals surface area contributed by atoms with Gasteiger partial charge in [0.05, 0.1) is 0 Å². The molecule has 5 aromatic rings. The molecule has 0 heteroatoms. The predicted molar refractivity (Wildman–Crippen MR) is 142 cm³/mol. The van der Waals surface area contributed by atoms with E-state index in [1.165, 1.54) is 38.2 Å². The van der Waals surface area contributed by atoms with Gasteiger partial charge in [0.15, 0.2) is 0 Å². The first-order chi connectivity index (χ1) is 14.1. The summed E-state index contributed by atoms with van der Waals surface area (Å²) >= 11 is 0. The Kier molecular flexibility index (Phi) is 10.8. The molecule has 0 amide bonds. The molecule has 0 aliphatic heterocycles. The number of benzene rings is 5. The first kappa shape index (κ1) is 25.7. The van der Waals surface area contributed by atoms with Gasteiger partial charge in [0.2, 0.25) is 0 Å². The molecule has 160 valence electrons. The van der Waals surface area contributed by atoms with Crippen LogP contribution in [-0.2, 0) is 0 Å². The molecule has 0 saturated carbocycles. The Labute approximate surface area is 189 Å². The Bertz CT molecular complexity index is 1160. The summed E-state index contributed by atoms with van der Waals surface area (Å²) in [4.78, 5) is 0. The van der Waals surface area contributed by atoms with Crippen molar-refractivity contribution in [3.8, 4) is 0 Å². The van der Waals surface area contributed by atoms with Gasteiger partial charge in [-0.1, -0.05) is 141 Å². The van der Waals surface area contributed by atoms with Crippen LogP contribution in [0.25, 0.3) is 21.5 Å². The van der Waals surface area contributed by atoms with E-state index in [0.717, 1.165) is 0 Å². The van der Waals surface area contributed by atoms with Crippen LogP contribution in [0.3, 0.4) is 0 Å². The number of rotatable bonds is 0. The van der Waals surface area contributed by atoms with Crippen LogP contribution in [0, 0.1) is 20.8 Å². The number of hydrogen-bond donors (Lipinski definition) is 0. The van der Waals surface area contributed by atoms with Crippen LogP contribution in [0.1, 0.15) is 31.5 Å². The van der Waals surface area contributed by atoms with Crippen molar-refractivity contribution in [1.82, 2.24) is 0 Å². The van der Waals surface area contributed by atoms with Crippen LogP contribution in [0.4, 0.5) is 0 Å². The molecule has 0 radical (unpaired) electrons. The standard InChI is InChI=1S/2C11H10.C7H8.2CH4/c1-9-5-4-7-10-6-2-3-8-11(9)10;1-9-6-7-10-4-2-3-5-11(10)8-9;1-7-5-3-2-4-6-7;;/h2*2-8H,1H3;2-6H,1H3;2*1H4. The second-order valence-electron chi connectivity index (χ2n) is 7.30. The second kappa shape index (κ2) is 13.0. The van der Waals surface area contributed by atoms with E-state index in [1.54, 1.807) is 0 Å². The number of hydrogen-bond acceptors (Lipinski definition) is 0. The minimum absolute atomic E-state index is 0. The third-order valence-electron chi connectivity index (χ3n) is 4.85. The van der Waals surface area contributed by atoms with E-state index in [4.69, 9.17) is 0 Å². The van der Waals surface area contributed by atoms with Gasteiger partial charge < -0.3 is 0 Å². The highest BCUT2D eigenvalue weighted by Gasteiger charge is 1.92. The summed E-state index contributed by atoms with van der Waals surface area (Å²) in [6.45, 7) is 6.34. The van der Waals surface area contributed by atoms with Crippen LogP contribution in [-0.4, -0.2) is 0 Å². The fourth-order valence-corrected chi connectivity index (χ4v) is 3.23. The maximum absolute atomic E-state index is 2.20. The third-order valence-corrected chi connectivity index (χ3v) is 4.85. The summed E-state index contributed by atoms with van der Waals surface area (Å²) < 4.78 is 0. The molecule has 0 saturated heterocycles. The fourth-order valence-electron chi connectivity index (χ4n) is 3.23. The van der Waals surface area contributed by atoms with Crippen LogP contribution in [0.5, 0.6) is 0 Å². The SMILES string of the molecule is C.C.Cc1ccc2ccccc2c1.Cc1cccc2ccccc12.Cc1ccccc1. The largest absolute Gasteiger partial charge is 0.0776 e. The molecule has 31 heavy (non-hydrogen) atoms. The third kappa shape index (κ3) is 7.75. The molecule has 0 spiro atoms. The molecule has 0 heterocycles. The van der Waals surface area contributed by atoms with E-state index < -0.39 is 0 Å². The van der Waals surface area contributed by atoms with Gasteiger partial charge in [0.25, 0.3) is 0 Å². The van der Waals surface area contributed by atoms with Crippen LogP contribution in [0.15, 0.2) is 115 Å². The maximum atomic E-state index is 2.20. The van der Waals surface area contributed by atoms with Crippen LogP contribution in [0.2, 0.25) is 0 Å². The first-order valence-electron chi connectivity index (χ1n) is 10.0. The highest BCUT2D eigenvalue weighted by Crippen LogP contribution is 2.16. The van der Waals surface area contributed by atoms with Crippen molar-refractivity contribution in [1.29, 1.82) is 0 Å². The van der Waals surface area contributed by atoms with E-state index in [9.17, 15) is 0 Å². The van der Waals surface area contributed by atoms with Crippen molar-refractivity contribution >= 4 is 21.5 Å². The summed E-state index contributed by atoms with van der Waals surface area (Å²) in [6.07, 6.45) is 0. The Morgan fingerprint density at radius 3 is 1.55 bits per heavy atom. The maximum Gasteiger partial charge on any atom is -0.0155 e. The molecule has 0 nitrogen and oxygen atoms in total. The molecule has 0 N–H and O–H groups in total. The summed E-state index contributed by atoms with van der Waals surface area (Å²) in [5, 5.41) is 5.33. The van der Waals surface area contributed by atoms with Crippen molar-refractivity contribution in [2.45, 2.75) is 35.6 Å². The van der Waals surface area contributed by atoms with Crippen molar-refractivity contribution in [3.05, 3.63) is 132 Å². The number of fused-ring (bicyclic) bond motifs is 2. The van der Waals surface area contributed by atoms with E-state index >= 15 is 0 Å². The highest BCUT2D eigenvalue weighted by atomic mass is 14.0. The predicted octanol–water partition coefficient (Wildman–Crippen LogP) is 9.56. The summed E-state index contributed by atoms with van der Waals surface area (Å²) in [7, 11) is 0. The molecule has 5 rings (SSSR count). The monoisotopic (exact) mass is 408 g/mol. The lowest BCUT2D eigenvalue weighted by Gasteiger charge is -1.98. The van der Waals surface area contributed by atoms with Crippen molar-refractivity contribution in [2.24, 2.45) is 0 Å². The Morgan fingerprint density at radius 2 is 0.935 bits per heavy atom. The van der Waals surface area contributed by atoms with E-state index in [0.29, 0.717) is 0 Å². The smallest absolute Gasteiger partial charge is 0.0155 e. The average molecular weight is 409 g/mol. The molecule has 0 aliphatic rings. The molecular formula is C31H36. The lowest BCUT2D eigenvalue weighted by molar-refractivity contribution is 1.48. The molecule has 0 aliphatic carbocycles. The van der Waals surface area contributed by atoms with Gasteiger partial charge in [0.1, 0.15) is 0 Å². The average Bonchev–Trinajstić information content (AvgIpc) is 2.76. The molecule has 0 unspecified atom stereocenters. The van der Waals surface area contributed by atoms with Crippen LogP contribution < -0.4 is 0 Å². The second-order valence-corrected chi connectivity index (χ2v) is 7.30. The normalized spacial score (nSPS) is 9.26. The Balaban J connectivity index is 0.000000231. The molecule has 0 bridgehead atoms. The lowest BCUT2D eigenvalue weighted by Crippen LogP contribution is -1.75. The summed E-state index contributed by atoms with van der Waals surface area (Å²) in [6, 6.07) is 40.0. The fraction of sp³-hybridized carbons (Fsp3) is 0.161. The van der Waals surface area contributed by atoms with Gasteiger partial charge in [-0.15, -0.1) is 0 Å². The zero-order valence-corrected chi connectivity index (χ0v) is 17.5. The van der Waals surface area contributed by atoms with Crippen molar-refractivity contribution < 1.29 is 0 Å². The quantitative estimate of drug-likeness (QED) is 0.239. The zero-order valence-electron chi connectivity index (χ0n) is 17.5. The van der Waals surface area contributed by atoms with Gasteiger partial charge in [0, 0.05) is 0 Å². The van der Waals surface area contributed by atoms with Crippen molar-refractivity contribution in [2.75, 3.05) is 0 Å². The minimum Gasteiger partial charge on any atom is -0.0776 e. The number of aryl methyl sites for hydroxylation is 3. The molecule has 0 fully saturated rings. The van der Waals surface area contributed by atoms with E-state index in [-0.39, 0.29) is 14.9 Å². The van der Waals surface area contributed by atoms with Gasteiger partial charge in [-0.05, 0) is 47.9 Å². The molecule has 0 aromatic heterocycles. The van der Waals surface area contributed by atoms with Gasteiger partial charge in [-0.3, -0.25) is 0 Å². The summed E-state index contributed by atoms with van der Waals surface area (Å²) in [5.41, 5.74) is 3.99. The van der Waals surface area contributed by atoms with E-state index in [2.05, 4.69) is 118 Å². The minimum atomic E-state index is 0. The highest BCUT2D eigenvalue weighted by molar-refractivity contribution is 5.85. The van der Waals surface area contributed by atoms with Crippen molar-refractivity contribution in [3.63, 3.8) is 0 Å². The van der Waals surface area contributed by atoms with Gasteiger partial charge in [-0.25, -0.2) is 0 Å².